The van der Waals surface area contributed by atoms with Gasteiger partial charge < -0.3 is 15.0 Å². The highest BCUT2D eigenvalue weighted by molar-refractivity contribution is 14.1. The number of likely N-dealkylation sites (tertiary alicyclic amines) is 1. The maximum Gasteiger partial charge on any atom is 0.335 e. The van der Waals surface area contributed by atoms with Gasteiger partial charge in [0.05, 0.1) is 30.7 Å². The zero-order valence-corrected chi connectivity index (χ0v) is 16.9. The Hall–Kier alpha value is -1.83. The molecule has 26 heavy (non-hydrogen) atoms. The second-order valence-corrected chi connectivity index (χ2v) is 8.39. The standard InChI is InChI=1S/C20H21IN2O3/c1-3-12(21)11-23-16-9-8-13(19(25)26-2)18-20(16,10-17(23)24)14-6-4-5-7-15(14)22-18/h3-8,16,18,22H,9-11H2,1-2H3/b12-3-/t16-,18-,20+/m0/s1. The van der Waals surface area contributed by atoms with Crippen LogP contribution in [-0.2, 0) is 19.7 Å². The van der Waals surface area contributed by atoms with Gasteiger partial charge in [0.1, 0.15) is 0 Å². The molecule has 0 aromatic heterocycles. The number of nitrogens with zero attached hydrogens (tertiary/aromatic N) is 1. The van der Waals surface area contributed by atoms with Gasteiger partial charge in [-0.2, -0.15) is 0 Å². The highest BCUT2D eigenvalue weighted by atomic mass is 127. The molecule has 1 N–H and O–H groups in total. The van der Waals surface area contributed by atoms with E-state index in [1.165, 1.54) is 7.11 Å². The molecular formula is C20H21IN2O3. The van der Waals surface area contributed by atoms with Gasteiger partial charge in [-0.25, -0.2) is 4.79 Å². The largest absolute Gasteiger partial charge is 0.466 e. The maximum atomic E-state index is 13.0. The van der Waals surface area contributed by atoms with E-state index in [1.54, 1.807) is 0 Å². The molecule has 2 aliphatic heterocycles. The summed E-state index contributed by atoms with van der Waals surface area (Å²) in [4.78, 5) is 27.4. The van der Waals surface area contributed by atoms with E-state index < -0.39 is 5.41 Å². The third-order valence-electron chi connectivity index (χ3n) is 5.91. The Morgan fingerprint density at radius 3 is 2.96 bits per heavy atom. The number of hydrogen-bond donors (Lipinski definition) is 1. The van der Waals surface area contributed by atoms with E-state index in [2.05, 4.69) is 34.0 Å². The molecule has 3 atom stereocenters. The van der Waals surface area contributed by atoms with Gasteiger partial charge in [-0.15, -0.1) is 0 Å². The molecule has 1 spiro atoms. The Kier molecular flexibility index (Phi) is 4.33. The minimum atomic E-state index is -0.420. The van der Waals surface area contributed by atoms with Crippen molar-refractivity contribution in [3.05, 3.63) is 51.1 Å². The summed E-state index contributed by atoms with van der Waals surface area (Å²) in [5, 5.41) is 3.51. The van der Waals surface area contributed by atoms with Crippen LogP contribution in [-0.4, -0.2) is 42.5 Å². The van der Waals surface area contributed by atoms with Crippen molar-refractivity contribution >= 4 is 40.2 Å². The first-order valence-corrected chi connectivity index (χ1v) is 9.85. The summed E-state index contributed by atoms with van der Waals surface area (Å²) in [6.45, 7) is 2.61. The number of carbonyl (C=O) groups is 2. The van der Waals surface area contributed by atoms with Gasteiger partial charge in [-0.1, -0.05) is 30.4 Å². The van der Waals surface area contributed by atoms with Crippen molar-refractivity contribution in [2.24, 2.45) is 0 Å². The lowest BCUT2D eigenvalue weighted by molar-refractivity contribution is -0.136. The Morgan fingerprint density at radius 2 is 2.23 bits per heavy atom. The van der Waals surface area contributed by atoms with E-state index in [4.69, 9.17) is 4.74 Å². The van der Waals surface area contributed by atoms with Crippen LogP contribution in [0.25, 0.3) is 0 Å². The number of nitrogens with one attached hydrogen (secondary N) is 1. The van der Waals surface area contributed by atoms with Crippen LogP contribution in [0.15, 0.2) is 45.6 Å². The fraction of sp³-hybridized carbons (Fsp3) is 0.400. The summed E-state index contributed by atoms with van der Waals surface area (Å²) in [5.74, 6) is -0.170. The molecular weight excluding hydrogens is 443 g/mol. The number of halogens is 1. The molecule has 5 nitrogen and oxygen atoms in total. The van der Waals surface area contributed by atoms with Gasteiger partial charge in [0.15, 0.2) is 0 Å². The molecule has 2 heterocycles. The van der Waals surface area contributed by atoms with E-state index in [-0.39, 0.29) is 24.0 Å². The Labute approximate surface area is 166 Å². The molecule has 1 amide bonds. The summed E-state index contributed by atoms with van der Waals surface area (Å²) in [6.07, 6.45) is 5.06. The van der Waals surface area contributed by atoms with Crippen molar-refractivity contribution in [1.82, 2.24) is 4.90 Å². The van der Waals surface area contributed by atoms with Gasteiger partial charge in [0, 0.05) is 21.7 Å². The summed E-state index contributed by atoms with van der Waals surface area (Å²) in [7, 11) is 1.41. The van der Waals surface area contributed by atoms with Gasteiger partial charge in [0.2, 0.25) is 5.91 Å². The lowest BCUT2D eigenvalue weighted by Gasteiger charge is -2.42. The molecule has 1 aliphatic carbocycles. The van der Waals surface area contributed by atoms with Crippen molar-refractivity contribution in [1.29, 1.82) is 0 Å². The summed E-state index contributed by atoms with van der Waals surface area (Å²) in [6, 6.07) is 7.91. The lowest BCUT2D eigenvalue weighted by atomic mass is 9.65. The average Bonchev–Trinajstić information content (AvgIpc) is 3.13. The predicted molar refractivity (Wildman–Crippen MR) is 108 cm³/mol. The first-order chi connectivity index (χ1) is 12.5. The number of ether oxygens (including phenoxy) is 1. The van der Waals surface area contributed by atoms with E-state index >= 15 is 0 Å². The molecule has 0 bridgehead atoms. The predicted octanol–water partition coefficient (Wildman–Crippen LogP) is 3.16. The molecule has 4 rings (SSSR count). The monoisotopic (exact) mass is 464 g/mol. The van der Waals surface area contributed by atoms with E-state index in [9.17, 15) is 9.59 Å². The molecule has 0 unspecified atom stereocenters. The second-order valence-electron chi connectivity index (χ2n) is 7.00. The van der Waals surface area contributed by atoms with E-state index in [1.807, 2.05) is 42.2 Å². The first-order valence-electron chi connectivity index (χ1n) is 8.77. The van der Waals surface area contributed by atoms with Crippen molar-refractivity contribution in [3.63, 3.8) is 0 Å². The zero-order chi connectivity index (χ0) is 18.5. The second kappa shape index (κ2) is 6.40. The van der Waals surface area contributed by atoms with Crippen molar-refractivity contribution < 1.29 is 14.3 Å². The van der Waals surface area contributed by atoms with Gasteiger partial charge in [0.25, 0.3) is 0 Å². The third-order valence-corrected chi connectivity index (χ3v) is 6.87. The van der Waals surface area contributed by atoms with E-state index in [0.29, 0.717) is 25.0 Å². The number of methoxy groups -OCH3 is 1. The third kappa shape index (κ3) is 2.34. The number of rotatable bonds is 3. The zero-order valence-electron chi connectivity index (χ0n) is 14.8. The molecule has 0 saturated carbocycles. The molecule has 136 valence electrons. The maximum absolute atomic E-state index is 13.0. The normalized spacial score (nSPS) is 29.5. The molecule has 6 heteroatoms. The number of anilines is 1. The van der Waals surface area contributed by atoms with Crippen LogP contribution >= 0.6 is 22.6 Å². The van der Waals surface area contributed by atoms with Crippen LogP contribution in [0.2, 0.25) is 0 Å². The van der Waals surface area contributed by atoms with Gasteiger partial charge >= 0.3 is 5.97 Å². The minimum absolute atomic E-state index is 0.0364. The van der Waals surface area contributed by atoms with Crippen LogP contribution in [0.1, 0.15) is 25.3 Å². The van der Waals surface area contributed by atoms with Crippen LogP contribution in [0.3, 0.4) is 0 Å². The number of benzene rings is 1. The molecule has 0 radical (unpaired) electrons. The Bertz CT molecular complexity index is 847. The topological polar surface area (TPSA) is 58.6 Å². The molecule has 1 aromatic carbocycles. The summed E-state index contributed by atoms with van der Waals surface area (Å²) < 4.78 is 6.17. The average molecular weight is 464 g/mol. The van der Waals surface area contributed by atoms with E-state index in [0.717, 1.165) is 14.8 Å². The number of hydrogen-bond acceptors (Lipinski definition) is 4. The number of fused-ring (bicyclic) bond motifs is 1. The lowest BCUT2D eigenvalue weighted by Crippen LogP contribution is -2.53. The summed E-state index contributed by atoms with van der Waals surface area (Å²) >= 11 is 2.29. The Morgan fingerprint density at radius 1 is 1.46 bits per heavy atom. The Balaban J connectivity index is 1.85. The van der Waals surface area contributed by atoms with Crippen molar-refractivity contribution in [3.8, 4) is 0 Å². The first kappa shape index (κ1) is 17.6. The molecule has 1 aromatic rings. The fourth-order valence-corrected chi connectivity index (χ4v) is 5.13. The SMILES string of the molecule is C/C=C(\I)CN1C(=O)C[C@]23c4ccccc4N[C@H]2C(C(=O)OC)=CC[C@H]13. The summed E-state index contributed by atoms with van der Waals surface area (Å²) in [5.41, 5.74) is 2.36. The number of para-hydroxylation sites is 1. The number of allylic oxidation sites excluding steroid dienone is 1. The van der Waals surface area contributed by atoms with Crippen LogP contribution < -0.4 is 5.32 Å². The molecule has 1 saturated heterocycles. The molecule has 3 aliphatic rings. The van der Waals surface area contributed by atoms with Crippen molar-refractivity contribution in [2.45, 2.75) is 37.3 Å². The molecule has 1 fully saturated rings. The number of carbonyl (C=O) groups excluding carboxylic acids is 2. The fourth-order valence-electron chi connectivity index (χ4n) is 4.77. The number of esters is 1. The van der Waals surface area contributed by atoms with Crippen molar-refractivity contribution in [2.75, 3.05) is 19.0 Å². The highest BCUT2D eigenvalue weighted by Crippen LogP contribution is 2.56. The van der Waals surface area contributed by atoms with Crippen LogP contribution in [0.5, 0.6) is 0 Å². The van der Waals surface area contributed by atoms with Crippen LogP contribution in [0.4, 0.5) is 5.69 Å². The quantitative estimate of drug-likeness (QED) is 0.552. The van der Waals surface area contributed by atoms with Crippen LogP contribution in [0, 0.1) is 0 Å². The number of amides is 1. The highest BCUT2D eigenvalue weighted by Gasteiger charge is 2.63. The van der Waals surface area contributed by atoms with Gasteiger partial charge in [-0.3, -0.25) is 4.79 Å². The minimum Gasteiger partial charge on any atom is -0.466 e. The smallest absolute Gasteiger partial charge is 0.335 e. The van der Waals surface area contributed by atoms with Gasteiger partial charge in [-0.05, 0) is 47.6 Å².